The average Bonchev–Trinajstić information content (AvgIpc) is 2.28. The number of nitrogens with two attached hydrogens (primary N) is 1. The van der Waals surface area contributed by atoms with E-state index in [1.165, 1.54) is 18.3 Å². The molecular formula is C10H16N4O2S2. The second-order valence-electron chi connectivity index (χ2n) is 3.92. The summed E-state index contributed by atoms with van der Waals surface area (Å²) >= 11 is 4.79. The van der Waals surface area contributed by atoms with Crippen LogP contribution in [0.25, 0.3) is 0 Å². The number of thiocarbonyl (C=S) groups is 1. The van der Waals surface area contributed by atoms with Gasteiger partial charge in [0.2, 0.25) is 10.0 Å². The fraction of sp³-hybridized carbons (Fsp3) is 0.400. The number of likely N-dealkylation sites (N-methyl/N-ethyl adjacent to an activating group) is 1. The lowest BCUT2D eigenvalue weighted by Gasteiger charge is -2.12. The van der Waals surface area contributed by atoms with Gasteiger partial charge in [-0.05, 0) is 26.2 Å². The monoisotopic (exact) mass is 288 g/mol. The summed E-state index contributed by atoms with van der Waals surface area (Å²) < 4.78 is 26.6. The zero-order chi connectivity index (χ0) is 13.8. The molecule has 0 unspecified atom stereocenters. The highest BCUT2D eigenvalue weighted by Gasteiger charge is 2.19. The van der Waals surface area contributed by atoms with Crippen molar-refractivity contribution in [3.8, 4) is 0 Å². The quantitative estimate of drug-likeness (QED) is 0.690. The number of pyridine rings is 1. The molecule has 0 fully saturated rings. The van der Waals surface area contributed by atoms with Crippen LogP contribution in [0.1, 0.15) is 5.69 Å². The molecule has 6 nitrogen and oxygen atoms in total. The molecule has 8 heteroatoms. The van der Waals surface area contributed by atoms with Crippen LogP contribution in [-0.4, -0.2) is 50.5 Å². The van der Waals surface area contributed by atoms with Crippen molar-refractivity contribution >= 4 is 27.2 Å². The van der Waals surface area contributed by atoms with Crippen LogP contribution in [0.2, 0.25) is 0 Å². The molecule has 0 saturated carbocycles. The van der Waals surface area contributed by atoms with Crippen LogP contribution < -0.4 is 10.5 Å². The molecule has 1 rings (SSSR count). The van der Waals surface area contributed by atoms with Crippen molar-refractivity contribution in [2.45, 2.75) is 4.90 Å². The molecule has 0 aliphatic carbocycles. The number of hydrogen-bond donors (Lipinski definition) is 2. The molecule has 3 N–H and O–H groups in total. The maximum absolute atomic E-state index is 12.1. The molecule has 0 bridgehead atoms. The number of rotatable bonds is 6. The Morgan fingerprint density at radius 3 is 2.78 bits per heavy atom. The van der Waals surface area contributed by atoms with Gasteiger partial charge in [0.05, 0.1) is 0 Å². The Morgan fingerprint density at radius 2 is 2.22 bits per heavy atom. The Morgan fingerprint density at radius 1 is 1.56 bits per heavy atom. The zero-order valence-electron chi connectivity index (χ0n) is 10.3. The molecule has 1 aromatic heterocycles. The van der Waals surface area contributed by atoms with Gasteiger partial charge in [0.15, 0.2) is 0 Å². The van der Waals surface area contributed by atoms with Crippen molar-refractivity contribution in [2.24, 2.45) is 5.73 Å². The summed E-state index contributed by atoms with van der Waals surface area (Å²) in [5.41, 5.74) is 5.57. The molecule has 0 atom stereocenters. The summed E-state index contributed by atoms with van der Waals surface area (Å²) in [4.78, 5) is 5.74. The summed E-state index contributed by atoms with van der Waals surface area (Å²) in [7, 11) is 0.0816. The summed E-state index contributed by atoms with van der Waals surface area (Å²) in [6, 6.07) is 2.96. The molecule has 1 aromatic rings. The molecule has 0 spiro atoms. The summed E-state index contributed by atoms with van der Waals surface area (Å²) in [6.07, 6.45) is 1.45. The summed E-state index contributed by atoms with van der Waals surface area (Å²) in [5.74, 6) is 0. The molecular weight excluding hydrogens is 272 g/mol. The largest absolute Gasteiger partial charge is 0.388 e. The third-order valence-electron chi connectivity index (χ3n) is 2.14. The minimum atomic E-state index is -3.64. The lowest BCUT2D eigenvalue weighted by molar-refractivity contribution is 0.412. The maximum atomic E-state index is 12.1. The Balaban J connectivity index is 2.95. The molecule has 18 heavy (non-hydrogen) atoms. The van der Waals surface area contributed by atoms with E-state index in [9.17, 15) is 8.42 Å². The minimum absolute atomic E-state index is 0.0104. The van der Waals surface area contributed by atoms with E-state index >= 15 is 0 Å². The average molecular weight is 288 g/mol. The molecule has 100 valence electrons. The Bertz CT molecular complexity index is 528. The smallest absolute Gasteiger partial charge is 0.242 e. The number of sulfonamides is 1. The van der Waals surface area contributed by atoms with Gasteiger partial charge in [-0.2, -0.15) is 0 Å². The third kappa shape index (κ3) is 3.98. The second kappa shape index (κ2) is 6.19. The number of aromatic nitrogens is 1. The lowest BCUT2D eigenvalue weighted by Crippen LogP contribution is -2.32. The first-order chi connectivity index (χ1) is 8.34. The van der Waals surface area contributed by atoms with Crippen LogP contribution in [0.3, 0.4) is 0 Å². The second-order valence-corrected chi connectivity index (χ2v) is 6.09. The van der Waals surface area contributed by atoms with Crippen molar-refractivity contribution < 1.29 is 8.42 Å². The molecule has 0 saturated heterocycles. The van der Waals surface area contributed by atoms with E-state index < -0.39 is 10.0 Å². The first-order valence-electron chi connectivity index (χ1n) is 5.24. The van der Waals surface area contributed by atoms with Crippen LogP contribution in [0.15, 0.2) is 23.2 Å². The van der Waals surface area contributed by atoms with E-state index in [4.69, 9.17) is 18.0 Å². The van der Waals surface area contributed by atoms with Crippen LogP contribution in [0.5, 0.6) is 0 Å². The number of nitrogens with one attached hydrogen (secondary N) is 1. The predicted molar refractivity (Wildman–Crippen MR) is 73.9 cm³/mol. The topological polar surface area (TPSA) is 88.3 Å². The van der Waals surface area contributed by atoms with Crippen molar-refractivity contribution in [2.75, 3.05) is 27.2 Å². The highest BCUT2D eigenvalue weighted by atomic mass is 32.2. The van der Waals surface area contributed by atoms with Crippen molar-refractivity contribution in [3.63, 3.8) is 0 Å². The summed E-state index contributed by atoms with van der Waals surface area (Å²) in [5, 5.41) is 0. The van der Waals surface area contributed by atoms with Gasteiger partial charge in [0.1, 0.15) is 15.6 Å². The van der Waals surface area contributed by atoms with Gasteiger partial charge in [-0.25, -0.2) is 13.1 Å². The van der Waals surface area contributed by atoms with Gasteiger partial charge in [-0.3, -0.25) is 4.98 Å². The Labute approximate surface area is 112 Å². The Hall–Kier alpha value is -1.09. The molecule has 0 amide bonds. The van der Waals surface area contributed by atoms with Crippen molar-refractivity contribution in [1.82, 2.24) is 14.6 Å². The van der Waals surface area contributed by atoms with E-state index in [0.29, 0.717) is 13.1 Å². The Kier molecular flexibility index (Phi) is 5.15. The van der Waals surface area contributed by atoms with Crippen LogP contribution in [0.4, 0.5) is 0 Å². The van der Waals surface area contributed by atoms with E-state index in [1.807, 2.05) is 19.0 Å². The molecule has 1 heterocycles. The van der Waals surface area contributed by atoms with Gasteiger partial charge in [0.25, 0.3) is 0 Å². The van der Waals surface area contributed by atoms with Gasteiger partial charge >= 0.3 is 0 Å². The lowest BCUT2D eigenvalue weighted by atomic mass is 10.3. The van der Waals surface area contributed by atoms with Gasteiger partial charge in [-0.1, -0.05) is 12.2 Å². The van der Waals surface area contributed by atoms with Gasteiger partial charge in [0, 0.05) is 19.3 Å². The van der Waals surface area contributed by atoms with Crippen LogP contribution >= 0.6 is 12.2 Å². The predicted octanol–water partition coefficient (Wildman–Crippen LogP) is -0.444. The normalized spacial score (nSPS) is 11.7. The fourth-order valence-electron chi connectivity index (χ4n) is 1.27. The summed E-state index contributed by atoms with van der Waals surface area (Å²) in [6.45, 7) is 0.906. The molecule has 0 radical (unpaired) electrons. The number of hydrogen-bond acceptors (Lipinski definition) is 5. The minimum Gasteiger partial charge on any atom is -0.388 e. The van der Waals surface area contributed by atoms with Crippen molar-refractivity contribution in [1.29, 1.82) is 0 Å². The van der Waals surface area contributed by atoms with Crippen LogP contribution in [-0.2, 0) is 10.0 Å². The maximum Gasteiger partial charge on any atom is 0.242 e. The standard InChI is InChI=1S/C10H16N4O2S2/c1-14(2)7-6-13-18(15,16)8-4-3-5-12-9(8)10(11)17/h3-5,13H,6-7H2,1-2H3,(H2,11,17). The van der Waals surface area contributed by atoms with Gasteiger partial charge in [-0.15, -0.1) is 0 Å². The molecule has 0 aliphatic rings. The molecule has 0 aliphatic heterocycles. The highest BCUT2D eigenvalue weighted by Crippen LogP contribution is 2.12. The number of nitrogens with zero attached hydrogens (tertiary/aromatic N) is 2. The molecule has 0 aromatic carbocycles. The third-order valence-corrected chi connectivity index (χ3v) is 3.83. The van der Waals surface area contributed by atoms with Gasteiger partial charge < -0.3 is 10.6 Å². The zero-order valence-corrected chi connectivity index (χ0v) is 11.9. The SMILES string of the molecule is CN(C)CCNS(=O)(=O)c1cccnc1C(N)=S. The van der Waals surface area contributed by atoms with Crippen molar-refractivity contribution in [3.05, 3.63) is 24.0 Å². The van der Waals surface area contributed by atoms with E-state index in [1.54, 1.807) is 0 Å². The van der Waals surface area contributed by atoms with E-state index in [0.717, 1.165) is 0 Å². The van der Waals surface area contributed by atoms with Crippen LogP contribution in [0, 0.1) is 0 Å². The first-order valence-corrected chi connectivity index (χ1v) is 7.13. The van der Waals surface area contributed by atoms with E-state index in [2.05, 4.69) is 9.71 Å². The van der Waals surface area contributed by atoms with E-state index in [-0.39, 0.29) is 15.6 Å². The fourth-order valence-corrected chi connectivity index (χ4v) is 2.69. The highest BCUT2D eigenvalue weighted by molar-refractivity contribution is 7.89. The first kappa shape index (κ1) is 15.0.